The van der Waals surface area contributed by atoms with Crippen LogP contribution in [0.4, 0.5) is 0 Å². The molecule has 0 bridgehead atoms. The Balaban J connectivity index is 1.81. The Labute approximate surface area is 139 Å². The lowest BCUT2D eigenvalue weighted by molar-refractivity contribution is -0.121. The summed E-state index contributed by atoms with van der Waals surface area (Å²) in [6.45, 7) is 6.39. The van der Waals surface area contributed by atoms with Crippen LogP contribution < -0.4 is 5.32 Å². The molecule has 2 aromatic heterocycles. The molecule has 2 aromatic rings. The third-order valence-electron chi connectivity index (χ3n) is 3.51. The summed E-state index contributed by atoms with van der Waals surface area (Å²) in [5.74, 6) is -0.172. The molecule has 0 fully saturated rings. The predicted octanol–water partition coefficient (Wildman–Crippen LogP) is 1.76. The molecule has 0 aliphatic rings. The Morgan fingerprint density at radius 2 is 2.09 bits per heavy atom. The van der Waals surface area contributed by atoms with Gasteiger partial charge in [-0.2, -0.15) is 10.2 Å². The van der Waals surface area contributed by atoms with Crippen LogP contribution in [0, 0.1) is 13.8 Å². The third-order valence-corrected chi connectivity index (χ3v) is 3.71. The van der Waals surface area contributed by atoms with Gasteiger partial charge in [-0.25, -0.2) is 0 Å². The number of aromatic nitrogens is 4. The largest absolute Gasteiger partial charge is 0.354 e. The highest BCUT2D eigenvalue weighted by Gasteiger charge is 2.16. The molecule has 23 heavy (non-hydrogen) atoms. The standard InChI is InChI=1S/C15H20ClN5O2/c1-10-15(12(3)22)11(2)21(19-10)9-14(23)17-5-4-6-20-8-13(16)7-18-20/h7-8H,4-6,9H2,1-3H3,(H,17,23). The van der Waals surface area contributed by atoms with Gasteiger partial charge in [-0.05, 0) is 27.2 Å². The molecule has 124 valence electrons. The van der Waals surface area contributed by atoms with Crippen molar-refractivity contribution < 1.29 is 9.59 Å². The van der Waals surface area contributed by atoms with Crippen molar-refractivity contribution in [1.82, 2.24) is 24.9 Å². The Hall–Kier alpha value is -2.15. The quantitative estimate of drug-likeness (QED) is 0.616. The fraction of sp³-hybridized carbons (Fsp3) is 0.467. The van der Waals surface area contributed by atoms with Gasteiger partial charge in [-0.3, -0.25) is 19.0 Å². The second-order valence-electron chi connectivity index (χ2n) is 5.38. The van der Waals surface area contributed by atoms with E-state index in [0.717, 1.165) is 12.1 Å². The van der Waals surface area contributed by atoms with E-state index in [1.54, 1.807) is 35.6 Å². The van der Waals surface area contributed by atoms with Gasteiger partial charge in [0.2, 0.25) is 5.91 Å². The molecule has 0 aromatic carbocycles. The van der Waals surface area contributed by atoms with E-state index in [4.69, 9.17) is 11.6 Å². The number of carbonyl (C=O) groups excluding carboxylic acids is 2. The fourth-order valence-corrected chi connectivity index (χ4v) is 2.64. The predicted molar refractivity (Wildman–Crippen MR) is 86.6 cm³/mol. The zero-order valence-corrected chi connectivity index (χ0v) is 14.2. The Bertz CT molecular complexity index is 720. The highest BCUT2D eigenvalue weighted by atomic mass is 35.5. The molecule has 0 saturated heterocycles. The number of hydrogen-bond acceptors (Lipinski definition) is 4. The van der Waals surface area contributed by atoms with Crippen LogP contribution in [0.3, 0.4) is 0 Å². The SMILES string of the molecule is CC(=O)c1c(C)nn(CC(=O)NCCCn2cc(Cl)cn2)c1C. The van der Waals surface area contributed by atoms with Crippen molar-refractivity contribution in [3.63, 3.8) is 0 Å². The first-order valence-corrected chi connectivity index (χ1v) is 7.76. The zero-order valence-electron chi connectivity index (χ0n) is 13.5. The molecule has 2 heterocycles. The maximum absolute atomic E-state index is 12.0. The van der Waals surface area contributed by atoms with E-state index >= 15 is 0 Å². The molecule has 0 atom stereocenters. The van der Waals surface area contributed by atoms with E-state index in [0.29, 0.717) is 29.4 Å². The van der Waals surface area contributed by atoms with E-state index < -0.39 is 0 Å². The lowest BCUT2D eigenvalue weighted by atomic mass is 10.1. The third kappa shape index (κ3) is 4.41. The molecule has 0 aliphatic heterocycles. The number of nitrogens with zero attached hydrogens (tertiary/aromatic N) is 4. The van der Waals surface area contributed by atoms with Crippen molar-refractivity contribution in [1.29, 1.82) is 0 Å². The molecule has 0 spiro atoms. The second kappa shape index (κ2) is 7.41. The van der Waals surface area contributed by atoms with E-state index in [1.165, 1.54) is 6.92 Å². The van der Waals surface area contributed by atoms with Crippen molar-refractivity contribution >= 4 is 23.3 Å². The molecule has 1 N–H and O–H groups in total. The number of rotatable bonds is 7. The number of carbonyl (C=O) groups is 2. The van der Waals surface area contributed by atoms with Crippen LogP contribution in [-0.2, 0) is 17.9 Å². The lowest BCUT2D eigenvalue weighted by Gasteiger charge is -2.07. The first kappa shape index (κ1) is 17.2. The molecule has 1 amide bonds. The molecule has 8 heteroatoms. The minimum atomic E-state index is -0.135. The zero-order chi connectivity index (χ0) is 17.0. The van der Waals surface area contributed by atoms with Crippen molar-refractivity contribution in [2.75, 3.05) is 6.54 Å². The van der Waals surface area contributed by atoms with Crippen LogP contribution in [0.25, 0.3) is 0 Å². The Morgan fingerprint density at radius 3 is 2.65 bits per heavy atom. The van der Waals surface area contributed by atoms with Gasteiger partial charge in [-0.1, -0.05) is 11.6 Å². The average Bonchev–Trinajstić information content (AvgIpc) is 2.99. The second-order valence-corrected chi connectivity index (χ2v) is 5.82. The van der Waals surface area contributed by atoms with Gasteiger partial charge < -0.3 is 5.32 Å². The van der Waals surface area contributed by atoms with Gasteiger partial charge in [0, 0.05) is 25.0 Å². The van der Waals surface area contributed by atoms with Crippen LogP contribution in [0.1, 0.15) is 35.1 Å². The summed E-state index contributed by atoms with van der Waals surface area (Å²) in [5, 5.41) is 11.8. The minimum Gasteiger partial charge on any atom is -0.354 e. The molecule has 7 nitrogen and oxygen atoms in total. The van der Waals surface area contributed by atoms with Gasteiger partial charge in [0.25, 0.3) is 0 Å². The molecule has 0 radical (unpaired) electrons. The number of hydrogen-bond donors (Lipinski definition) is 1. The van der Waals surface area contributed by atoms with E-state index in [2.05, 4.69) is 15.5 Å². The first-order chi connectivity index (χ1) is 10.9. The van der Waals surface area contributed by atoms with Gasteiger partial charge >= 0.3 is 0 Å². The summed E-state index contributed by atoms with van der Waals surface area (Å²) in [6, 6.07) is 0. The summed E-state index contributed by atoms with van der Waals surface area (Å²) in [5.41, 5.74) is 1.96. The van der Waals surface area contributed by atoms with Gasteiger partial charge in [0.15, 0.2) is 5.78 Å². The maximum atomic E-state index is 12.0. The molecular formula is C15H20ClN5O2. The Morgan fingerprint density at radius 1 is 1.35 bits per heavy atom. The summed E-state index contributed by atoms with van der Waals surface area (Å²) in [4.78, 5) is 23.5. The molecular weight excluding hydrogens is 318 g/mol. The first-order valence-electron chi connectivity index (χ1n) is 7.38. The average molecular weight is 338 g/mol. The smallest absolute Gasteiger partial charge is 0.241 e. The van der Waals surface area contributed by atoms with E-state index in [9.17, 15) is 9.59 Å². The monoisotopic (exact) mass is 337 g/mol. The number of ketones is 1. The highest BCUT2D eigenvalue weighted by molar-refractivity contribution is 6.30. The fourth-order valence-electron chi connectivity index (χ4n) is 2.48. The number of nitrogens with one attached hydrogen (secondary N) is 1. The summed E-state index contributed by atoms with van der Waals surface area (Å²) >= 11 is 5.78. The molecule has 0 saturated carbocycles. The number of Topliss-reactive ketones (excluding diaryl/α,β-unsaturated/α-hetero) is 1. The lowest BCUT2D eigenvalue weighted by Crippen LogP contribution is -2.29. The van der Waals surface area contributed by atoms with Gasteiger partial charge in [-0.15, -0.1) is 0 Å². The number of aryl methyl sites for hydroxylation is 2. The van der Waals surface area contributed by atoms with Crippen LogP contribution in [0.5, 0.6) is 0 Å². The van der Waals surface area contributed by atoms with Crippen LogP contribution in [-0.4, -0.2) is 37.8 Å². The number of amides is 1. The van der Waals surface area contributed by atoms with E-state index in [1.807, 2.05) is 0 Å². The van der Waals surface area contributed by atoms with Crippen LogP contribution in [0.15, 0.2) is 12.4 Å². The van der Waals surface area contributed by atoms with Crippen molar-refractivity contribution in [2.24, 2.45) is 0 Å². The molecule has 2 rings (SSSR count). The van der Waals surface area contributed by atoms with Gasteiger partial charge in [0.1, 0.15) is 6.54 Å². The van der Waals surface area contributed by atoms with Crippen molar-refractivity contribution in [2.45, 2.75) is 40.3 Å². The van der Waals surface area contributed by atoms with Crippen LogP contribution >= 0.6 is 11.6 Å². The minimum absolute atomic E-state index is 0.0375. The summed E-state index contributed by atoms with van der Waals surface area (Å²) in [6.07, 6.45) is 4.07. The highest BCUT2D eigenvalue weighted by Crippen LogP contribution is 2.13. The van der Waals surface area contributed by atoms with Gasteiger partial charge in [0.05, 0.1) is 22.5 Å². The van der Waals surface area contributed by atoms with Crippen LogP contribution in [0.2, 0.25) is 5.02 Å². The van der Waals surface area contributed by atoms with Crippen molar-refractivity contribution in [3.8, 4) is 0 Å². The molecule has 0 aliphatic carbocycles. The number of halogens is 1. The normalized spacial score (nSPS) is 10.8. The topological polar surface area (TPSA) is 81.8 Å². The van der Waals surface area contributed by atoms with Crippen molar-refractivity contribution in [3.05, 3.63) is 34.4 Å². The maximum Gasteiger partial charge on any atom is 0.241 e. The van der Waals surface area contributed by atoms with E-state index in [-0.39, 0.29) is 18.2 Å². The summed E-state index contributed by atoms with van der Waals surface area (Å²) in [7, 11) is 0. The summed E-state index contributed by atoms with van der Waals surface area (Å²) < 4.78 is 3.29. The Kier molecular flexibility index (Phi) is 5.54. The molecule has 0 unspecified atom stereocenters.